The molecule has 0 spiro atoms. The summed E-state index contributed by atoms with van der Waals surface area (Å²) in [6.45, 7) is 2.68. The van der Waals surface area contributed by atoms with Gasteiger partial charge in [-0.05, 0) is 6.58 Å². The summed E-state index contributed by atoms with van der Waals surface area (Å²) in [6, 6.07) is 0. The summed E-state index contributed by atoms with van der Waals surface area (Å²) in [5.41, 5.74) is 0. The SMILES string of the molecule is C=C(OS(=O)(=O)O)C(=O)O. The van der Waals surface area contributed by atoms with Gasteiger partial charge in [0.25, 0.3) is 0 Å². The van der Waals surface area contributed by atoms with E-state index in [2.05, 4.69) is 10.8 Å². The van der Waals surface area contributed by atoms with Crippen molar-refractivity contribution in [3.8, 4) is 0 Å². The Balaban J connectivity index is 4.21. The van der Waals surface area contributed by atoms with Crippen LogP contribution in [-0.4, -0.2) is 24.0 Å². The molecule has 7 heteroatoms. The molecule has 0 aliphatic carbocycles. The van der Waals surface area contributed by atoms with Crippen LogP contribution in [0.5, 0.6) is 0 Å². The number of carbonyl (C=O) groups is 1. The first-order chi connectivity index (χ1) is 4.33. The Labute approximate surface area is 56.7 Å². The van der Waals surface area contributed by atoms with Crippen LogP contribution >= 0.6 is 0 Å². The van der Waals surface area contributed by atoms with E-state index in [0.29, 0.717) is 0 Å². The van der Waals surface area contributed by atoms with Gasteiger partial charge in [0, 0.05) is 0 Å². The Morgan fingerprint density at radius 1 is 1.50 bits per heavy atom. The van der Waals surface area contributed by atoms with Gasteiger partial charge in [0.05, 0.1) is 0 Å². The molecule has 0 radical (unpaired) electrons. The molecular formula is C3H4O6S. The lowest BCUT2D eigenvalue weighted by Crippen LogP contribution is -2.09. The van der Waals surface area contributed by atoms with Crippen molar-refractivity contribution in [3.05, 3.63) is 12.3 Å². The molecule has 0 atom stereocenters. The average Bonchev–Trinajstić information content (AvgIpc) is 1.60. The van der Waals surface area contributed by atoms with E-state index in [1.807, 2.05) is 0 Å². The molecule has 0 aliphatic rings. The van der Waals surface area contributed by atoms with Gasteiger partial charge < -0.3 is 9.29 Å². The number of hydrogen-bond donors (Lipinski definition) is 2. The second-order valence-electron chi connectivity index (χ2n) is 1.24. The van der Waals surface area contributed by atoms with E-state index in [0.717, 1.165) is 0 Å². The van der Waals surface area contributed by atoms with Gasteiger partial charge in [-0.25, -0.2) is 4.79 Å². The van der Waals surface area contributed by atoms with E-state index in [1.165, 1.54) is 0 Å². The summed E-state index contributed by atoms with van der Waals surface area (Å²) in [5, 5.41) is 7.95. The Morgan fingerprint density at radius 3 is 2.00 bits per heavy atom. The van der Waals surface area contributed by atoms with Gasteiger partial charge in [-0.3, -0.25) is 4.55 Å². The maximum Gasteiger partial charge on any atom is 0.446 e. The van der Waals surface area contributed by atoms with E-state index < -0.39 is 22.1 Å². The molecular weight excluding hydrogens is 164 g/mol. The molecule has 0 aromatic rings. The van der Waals surface area contributed by atoms with Gasteiger partial charge in [-0.15, -0.1) is 0 Å². The average molecular weight is 168 g/mol. The molecule has 0 aromatic heterocycles. The lowest BCUT2D eigenvalue weighted by Gasteiger charge is -1.97. The minimum atomic E-state index is -4.75. The smallest absolute Gasteiger partial charge is 0.446 e. The summed E-state index contributed by atoms with van der Waals surface area (Å²) < 4.78 is 30.8. The first-order valence-electron chi connectivity index (χ1n) is 1.92. The molecule has 2 N–H and O–H groups in total. The van der Waals surface area contributed by atoms with Crippen LogP contribution in [0.4, 0.5) is 0 Å². The zero-order valence-corrected chi connectivity index (χ0v) is 5.46. The lowest BCUT2D eigenvalue weighted by atomic mass is 10.6. The Hall–Kier alpha value is -1.08. The topological polar surface area (TPSA) is 101 Å². The monoisotopic (exact) mass is 168 g/mol. The highest BCUT2D eigenvalue weighted by atomic mass is 32.3. The van der Waals surface area contributed by atoms with E-state index in [4.69, 9.17) is 9.66 Å². The zero-order valence-electron chi connectivity index (χ0n) is 4.64. The standard InChI is InChI=1S/C3H4O6S/c1-2(3(4)5)9-10(6,7)8/h1H2,(H,4,5)(H,6,7,8). The van der Waals surface area contributed by atoms with Crippen LogP contribution in [0.25, 0.3) is 0 Å². The Morgan fingerprint density at radius 2 is 1.90 bits per heavy atom. The van der Waals surface area contributed by atoms with Crippen LogP contribution in [0.1, 0.15) is 0 Å². The van der Waals surface area contributed by atoms with Gasteiger partial charge in [-0.1, -0.05) is 0 Å². The van der Waals surface area contributed by atoms with Crippen molar-refractivity contribution in [2.45, 2.75) is 0 Å². The number of rotatable bonds is 3. The lowest BCUT2D eigenvalue weighted by molar-refractivity contribution is -0.135. The molecule has 0 aliphatic heterocycles. The van der Waals surface area contributed by atoms with Crippen LogP contribution in [0.2, 0.25) is 0 Å². The fourth-order valence-electron chi connectivity index (χ4n) is 0.163. The molecule has 0 saturated carbocycles. The fraction of sp³-hybridized carbons (Fsp3) is 0. The van der Waals surface area contributed by atoms with Crippen LogP contribution in [0.3, 0.4) is 0 Å². The van der Waals surface area contributed by atoms with Crippen molar-refractivity contribution >= 4 is 16.4 Å². The Bertz CT molecular complexity index is 248. The minimum absolute atomic E-state index is 1.05. The zero-order chi connectivity index (χ0) is 8.36. The molecule has 6 nitrogen and oxygen atoms in total. The summed E-state index contributed by atoms with van der Waals surface area (Å²) in [5.74, 6) is -2.71. The van der Waals surface area contributed by atoms with Gasteiger partial charge in [0.2, 0.25) is 5.76 Å². The molecule has 0 unspecified atom stereocenters. The highest BCUT2D eigenvalue weighted by molar-refractivity contribution is 7.81. The third-order valence-electron chi connectivity index (χ3n) is 0.444. The molecule has 0 bridgehead atoms. The minimum Gasteiger partial charge on any atom is -0.475 e. The first-order valence-corrected chi connectivity index (χ1v) is 3.28. The predicted octanol–water partition coefficient (Wildman–Crippen LogP) is -0.596. The third-order valence-corrected chi connectivity index (χ3v) is 0.856. The van der Waals surface area contributed by atoms with Crippen LogP contribution in [-0.2, 0) is 19.4 Å². The van der Waals surface area contributed by atoms with Crippen molar-refractivity contribution in [1.29, 1.82) is 0 Å². The van der Waals surface area contributed by atoms with Crippen molar-refractivity contribution in [2.75, 3.05) is 0 Å². The molecule has 0 fully saturated rings. The van der Waals surface area contributed by atoms with Gasteiger partial charge in [-0.2, -0.15) is 8.42 Å². The highest BCUT2D eigenvalue weighted by Gasteiger charge is 2.13. The predicted molar refractivity (Wildman–Crippen MR) is 29.4 cm³/mol. The van der Waals surface area contributed by atoms with E-state index in [9.17, 15) is 13.2 Å². The van der Waals surface area contributed by atoms with Crippen molar-refractivity contribution in [1.82, 2.24) is 0 Å². The van der Waals surface area contributed by atoms with Gasteiger partial charge >= 0.3 is 16.4 Å². The number of hydrogen-bond acceptors (Lipinski definition) is 4. The molecule has 0 heterocycles. The maximum absolute atomic E-state index is 9.78. The molecule has 0 saturated heterocycles. The summed E-state index contributed by atoms with van der Waals surface area (Å²) in [6.07, 6.45) is 0. The van der Waals surface area contributed by atoms with Crippen molar-refractivity contribution < 1.29 is 27.1 Å². The fourth-order valence-corrected chi connectivity index (χ4v) is 0.488. The second-order valence-corrected chi connectivity index (χ2v) is 2.26. The molecule has 0 rings (SSSR count). The maximum atomic E-state index is 9.78. The van der Waals surface area contributed by atoms with E-state index >= 15 is 0 Å². The summed E-state index contributed by atoms with van der Waals surface area (Å²) in [7, 11) is -4.75. The van der Waals surface area contributed by atoms with Crippen molar-refractivity contribution in [3.63, 3.8) is 0 Å². The quantitative estimate of drug-likeness (QED) is 0.331. The summed E-state index contributed by atoms with van der Waals surface area (Å²) >= 11 is 0. The largest absolute Gasteiger partial charge is 0.475 e. The second kappa shape index (κ2) is 2.67. The van der Waals surface area contributed by atoms with E-state index in [1.54, 1.807) is 0 Å². The first kappa shape index (κ1) is 8.92. The highest BCUT2D eigenvalue weighted by Crippen LogP contribution is 1.97. The van der Waals surface area contributed by atoms with E-state index in [-0.39, 0.29) is 0 Å². The van der Waals surface area contributed by atoms with Crippen LogP contribution in [0.15, 0.2) is 12.3 Å². The number of carboxylic acid groups (broad SMARTS) is 1. The van der Waals surface area contributed by atoms with Crippen molar-refractivity contribution in [2.24, 2.45) is 0 Å². The normalized spacial score (nSPS) is 10.5. The Kier molecular flexibility index (Phi) is 2.38. The van der Waals surface area contributed by atoms with Gasteiger partial charge in [0.15, 0.2) is 0 Å². The molecule has 58 valence electrons. The molecule has 10 heavy (non-hydrogen) atoms. The molecule has 0 aromatic carbocycles. The molecule has 0 amide bonds. The van der Waals surface area contributed by atoms with Gasteiger partial charge in [0.1, 0.15) is 0 Å². The number of carboxylic acids is 1. The third kappa shape index (κ3) is 3.87. The number of aliphatic carboxylic acids is 1. The van der Waals surface area contributed by atoms with Crippen LogP contribution < -0.4 is 0 Å². The van der Waals surface area contributed by atoms with Crippen LogP contribution in [0, 0.1) is 0 Å². The summed E-state index contributed by atoms with van der Waals surface area (Å²) in [4.78, 5) is 9.78.